The molecule has 0 unspecified atom stereocenters. The summed E-state index contributed by atoms with van der Waals surface area (Å²) in [5, 5.41) is 2.70. The van der Waals surface area contributed by atoms with Crippen molar-refractivity contribution in [2.45, 2.75) is 26.4 Å². The predicted octanol–water partition coefficient (Wildman–Crippen LogP) is 4.90. The third-order valence-electron chi connectivity index (χ3n) is 3.40. The molecule has 1 N–H and O–H groups in total. The number of ether oxygens (including phenoxy) is 2. The molecule has 0 radical (unpaired) electrons. The predicted molar refractivity (Wildman–Crippen MR) is 102 cm³/mol. The highest BCUT2D eigenvalue weighted by Gasteiger charge is 2.14. The number of hydrogen-bond donors (Lipinski definition) is 1. The lowest BCUT2D eigenvalue weighted by Crippen LogP contribution is -2.32. The Morgan fingerprint density at radius 3 is 2.40 bits per heavy atom. The minimum absolute atomic E-state index is 0.413. The Balaban J connectivity index is 1.93. The summed E-state index contributed by atoms with van der Waals surface area (Å²) >= 11 is 0. The van der Waals surface area contributed by atoms with Gasteiger partial charge in [0.15, 0.2) is 0 Å². The summed E-state index contributed by atoms with van der Waals surface area (Å²) in [6.07, 6.45) is 3.44. The van der Waals surface area contributed by atoms with Gasteiger partial charge in [0, 0.05) is 12.1 Å². The van der Waals surface area contributed by atoms with Crippen molar-refractivity contribution in [1.29, 1.82) is 0 Å². The van der Waals surface area contributed by atoms with Gasteiger partial charge in [0.1, 0.15) is 11.4 Å². The Kier molecular flexibility index (Phi) is 6.23. The van der Waals surface area contributed by atoms with E-state index in [-0.39, 0.29) is 0 Å². The van der Waals surface area contributed by atoms with E-state index in [2.05, 4.69) is 17.4 Å². The van der Waals surface area contributed by atoms with Gasteiger partial charge in [-0.2, -0.15) is 0 Å². The van der Waals surface area contributed by atoms with Gasteiger partial charge in [-0.05, 0) is 38.0 Å². The van der Waals surface area contributed by atoms with Gasteiger partial charge in [-0.3, -0.25) is 0 Å². The SMILES string of the molecule is COc1ccccc1-c1ccc(C=CCNC(=O)OC(C)(C)C)cc1. The molecule has 1 amide bonds. The van der Waals surface area contributed by atoms with Crippen molar-refractivity contribution in [2.24, 2.45) is 0 Å². The maximum atomic E-state index is 11.6. The molecule has 0 aromatic heterocycles. The standard InChI is InChI=1S/C21H25NO3/c1-21(2,3)25-20(23)22-15-7-8-16-11-13-17(14-12-16)18-9-5-6-10-19(18)24-4/h5-14H,15H2,1-4H3,(H,22,23). The first kappa shape index (κ1) is 18.6. The van der Waals surface area contributed by atoms with Crippen LogP contribution in [0.3, 0.4) is 0 Å². The molecule has 0 saturated heterocycles. The van der Waals surface area contributed by atoms with Crippen LogP contribution in [0.25, 0.3) is 17.2 Å². The van der Waals surface area contributed by atoms with E-state index in [1.807, 2.05) is 69.3 Å². The van der Waals surface area contributed by atoms with E-state index in [0.717, 1.165) is 22.4 Å². The van der Waals surface area contributed by atoms with Crippen LogP contribution in [0, 0.1) is 0 Å². The summed E-state index contributed by atoms with van der Waals surface area (Å²) in [6, 6.07) is 16.1. The zero-order valence-electron chi connectivity index (χ0n) is 15.2. The lowest BCUT2D eigenvalue weighted by Gasteiger charge is -2.19. The zero-order chi connectivity index (χ0) is 18.3. The number of hydrogen-bond acceptors (Lipinski definition) is 3. The zero-order valence-corrected chi connectivity index (χ0v) is 15.2. The van der Waals surface area contributed by atoms with Crippen LogP contribution in [-0.2, 0) is 4.74 Å². The molecule has 2 rings (SSSR count). The molecule has 0 saturated carbocycles. The topological polar surface area (TPSA) is 47.6 Å². The average Bonchev–Trinajstić information content (AvgIpc) is 2.58. The number of carbonyl (C=O) groups is 1. The molecular formula is C21H25NO3. The molecule has 0 bridgehead atoms. The van der Waals surface area contributed by atoms with Gasteiger partial charge in [-0.1, -0.05) is 54.6 Å². The summed E-state index contributed by atoms with van der Waals surface area (Å²) in [5.41, 5.74) is 2.74. The van der Waals surface area contributed by atoms with Gasteiger partial charge in [-0.25, -0.2) is 4.79 Å². The quantitative estimate of drug-likeness (QED) is 0.843. The molecule has 0 aliphatic carbocycles. The second-order valence-electron chi connectivity index (χ2n) is 6.61. The monoisotopic (exact) mass is 339 g/mol. The van der Waals surface area contributed by atoms with Crippen molar-refractivity contribution in [1.82, 2.24) is 5.32 Å². The summed E-state index contributed by atoms with van der Waals surface area (Å²) in [5.74, 6) is 0.854. The van der Waals surface area contributed by atoms with Gasteiger partial charge >= 0.3 is 6.09 Å². The van der Waals surface area contributed by atoms with E-state index in [0.29, 0.717) is 6.54 Å². The molecule has 0 aliphatic rings. The highest BCUT2D eigenvalue weighted by atomic mass is 16.6. The average molecular weight is 339 g/mol. The van der Waals surface area contributed by atoms with Gasteiger partial charge in [0.05, 0.1) is 7.11 Å². The molecule has 2 aromatic rings. The number of carbonyl (C=O) groups excluding carboxylic acids is 1. The van der Waals surface area contributed by atoms with Crippen molar-refractivity contribution >= 4 is 12.2 Å². The number of rotatable bonds is 5. The summed E-state index contributed by atoms with van der Waals surface area (Å²) in [7, 11) is 1.67. The van der Waals surface area contributed by atoms with E-state index in [4.69, 9.17) is 9.47 Å². The minimum atomic E-state index is -0.484. The third-order valence-corrected chi connectivity index (χ3v) is 3.40. The van der Waals surface area contributed by atoms with Crippen LogP contribution < -0.4 is 10.1 Å². The van der Waals surface area contributed by atoms with Crippen LogP contribution in [0.4, 0.5) is 4.79 Å². The van der Waals surface area contributed by atoms with E-state index in [1.165, 1.54) is 0 Å². The van der Waals surface area contributed by atoms with Crippen LogP contribution in [0.2, 0.25) is 0 Å². The molecule has 4 heteroatoms. The van der Waals surface area contributed by atoms with Crippen LogP contribution in [0.1, 0.15) is 26.3 Å². The first-order valence-corrected chi connectivity index (χ1v) is 8.26. The molecule has 0 heterocycles. The second-order valence-corrected chi connectivity index (χ2v) is 6.61. The fourth-order valence-electron chi connectivity index (χ4n) is 2.31. The van der Waals surface area contributed by atoms with E-state index in [1.54, 1.807) is 7.11 Å². The Hall–Kier alpha value is -2.75. The number of amides is 1. The number of para-hydroxylation sites is 1. The molecule has 0 aliphatic heterocycles. The minimum Gasteiger partial charge on any atom is -0.496 e. The van der Waals surface area contributed by atoms with Crippen LogP contribution in [0.15, 0.2) is 54.6 Å². The van der Waals surface area contributed by atoms with Crippen LogP contribution in [0.5, 0.6) is 5.75 Å². The van der Waals surface area contributed by atoms with Gasteiger partial charge < -0.3 is 14.8 Å². The van der Waals surface area contributed by atoms with Crippen LogP contribution in [-0.4, -0.2) is 25.3 Å². The van der Waals surface area contributed by atoms with Crippen molar-refractivity contribution < 1.29 is 14.3 Å². The fourth-order valence-corrected chi connectivity index (χ4v) is 2.31. The van der Waals surface area contributed by atoms with Crippen molar-refractivity contribution in [3.8, 4) is 16.9 Å². The Morgan fingerprint density at radius 2 is 1.76 bits per heavy atom. The molecule has 132 valence electrons. The Morgan fingerprint density at radius 1 is 1.08 bits per heavy atom. The largest absolute Gasteiger partial charge is 0.496 e. The van der Waals surface area contributed by atoms with E-state index < -0.39 is 11.7 Å². The second kappa shape index (κ2) is 8.38. The Bertz CT molecular complexity index is 728. The normalized spacial score (nSPS) is 11.4. The molecule has 0 atom stereocenters. The first-order valence-electron chi connectivity index (χ1n) is 8.26. The molecule has 4 nitrogen and oxygen atoms in total. The molecule has 25 heavy (non-hydrogen) atoms. The maximum Gasteiger partial charge on any atom is 0.407 e. The van der Waals surface area contributed by atoms with Crippen LogP contribution >= 0.6 is 0 Å². The summed E-state index contributed by atoms with van der Waals surface area (Å²) in [4.78, 5) is 11.6. The lowest BCUT2D eigenvalue weighted by molar-refractivity contribution is 0.0534. The highest BCUT2D eigenvalue weighted by Crippen LogP contribution is 2.29. The first-order chi connectivity index (χ1) is 11.9. The van der Waals surface area contributed by atoms with Gasteiger partial charge in [0.25, 0.3) is 0 Å². The number of methoxy groups -OCH3 is 1. The molecule has 2 aromatic carbocycles. The fraction of sp³-hybridized carbons (Fsp3) is 0.286. The number of benzene rings is 2. The molecular weight excluding hydrogens is 314 g/mol. The molecule has 0 fully saturated rings. The summed E-state index contributed by atoms with van der Waals surface area (Å²) in [6.45, 7) is 5.94. The van der Waals surface area contributed by atoms with Crippen molar-refractivity contribution in [3.05, 3.63) is 60.2 Å². The lowest BCUT2D eigenvalue weighted by atomic mass is 10.0. The van der Waals surface area contributed by atoms with Gasteiger partial charge in [-0.15, -0.1) is 0 Å². The van der Waals surface area contributed by atoms with Gasteiger partial charge in [0.2, 0.25) is 0 Å². The maximum absolute atomic E-state index is 11.6. The van der Waals surface area contributed by atoms with Crippen molar-refractivity contribution in [3.63, 3.8) is 0 Å². The molecule has 0 spiro atoms. The summed E-state index contributed by atoms with van der Waals surface area (Å²) < 4.78 is 10.6. The smallest absolute Gasteiger partial charge is 0.407 e. The number of nitrogens with one attached hydrogen (secondary N) is 1. The third kappa shape index (κ3) is 5.99. The number of alkyl carbamates (subject to hydrolysis) is 1. The van der Waals surface area contributed by atoms with E-state index >= 15 is 0 Å². The Labute approximate surface area is 149 Å². The highest BCUT2D eigenvalue weighted by molar-refractivity contribution is 5.71. The van der Waals surface area contributed by atoms with Crippen molar-refractivity contribution in [2.75, 3.05) is 13.7 Å². The van der Waals surface area contributed by atoms with E-state index in [9.17, 15) is 4.79 Å².